The third-order valence-corrected chi connectivity index (χ3v) is 4.92. The van der Waals surface area contributed by atoms with Crippen molar-refractivity contribution in [3.05, 3.63) is 59.8 Å². The summed E-state index contributed by atoms with van der Waals surface area (Å²) in [6, 6.07) is 11.9. The Bertz CT molecular complexity index is 1150. The number of nitrogens with one attached hydrogen (secondary N) is 1. The van der Waals surface area contributed by atoms with Gasteiger partial charge in [-0.25, -0.2) is 14.8 Å². The molecule has 3 heterocycles. The highest BCUT2D eigenvalue weighted by Crippen LogP contribution is 2.27. The van der Waals surface area contributed by atoms with E-state index in [4.69, 9.17) is 0 Å². The first-order valence-corrected chi connectivity index (χ1v) is 10.4. The molecule has 4 aromatic rings. The molecule has 0 atom stereocenters. The Kier molecular flexibility index (Phi) is 6.21. The topological polar surface area (TPSA) is 115 Å². The maximum atomic E-state index is 12.2. The summed E-state index contributed by atoms with van der Waals surface area (Å²) in [5, 5.41) is 18.6. The predicted molar refractivity (Wildman–Crippen MR) is 115 cm³/mol. The van der Waals surface area contributed by atoms with E-state index in [1.54, 1.807) is 6.20 Å². The molecular weight excluding hydrogens is 392 g/mol. The minimum atomic E-state index is -0.00135. The van der Waals surface area contributed by atoms with Gasteiger partial charge in [-0.1, -0.05) is 38.1 Å². The molecule has 0 bridgehead atoms. The van der Waals surface area contributed by atoms with Crippen molar-refractivity contribution in [2.75, 3.05) is 0 Å². The van der Waals surface area contributed by atoms with Crippen molar-refractivity contribution in [1.82, 2.24) is 40.4 Å². The number of H-pyrrole nitrogens is 1. The molecule has 31 heavy (non-hydrogen) atoms. The number of ketones is 1. The highest BCUT2D eigenvalue weighted by atomic mass is 16.1. The maximum absolute atomic E-state index is 12.2. The van der Waals surface area contributed by atoms with Gasteiger partial charge < -0.3 is 0 Å². The lowest BCUT2D eigenvalue weighted by molar-refractivity contribution is 0.0971. The molecule has 0 radical (unpaired) electrons. The van der Waals surface area contributed by atoms with Gasteiger partial charge in [0.2, 0.25) is 11.6 Å². The molecule has 0 aliphatic heterocycles. The van der Waals surface area contributed by atoms with E-state index < -0.39 is 0 Å². The van der Waals surface area contributed by atoms with Crippen LogP contribution in [0.25, 0.3) is 22.6 Å². The minimum absolute atomic E-state index is 0.00135. The van der Waals surface area contributed by atoms with Crippen molar-refractivity contribution in [2.45, 2.75) is 46.1 Å². The van der Waals surface area contributed by atoms with Crippen molar-refractivity contribution >= 4 is 5.78 Å². The highest BCUT2D eigenvalue weighted by molar-refractivity contribution is 5.92. The molecule has 3 aromatic heterocycles. The molecule has 9 nitrogen and oxygen atoms in total. The van der Waals surface area contributed by atoms with E-state index in [1.165, 1.54) is 0 Å². The van der Waals surface area contributed by atoms with Crippen LogP contribution in [0.4, 0.5) is 0 Å². The fourth-order valence-corrected chi connectivity index (χ4v) is 3.41. The number of benzene rings is 1. The van der Waals surface area contributed by atoms with Gasteiger partial charge in [0, 0.05) is 30.2 Å². The molecule has 158 valence electrons. The standard InChI is InChI=1S/C22H24N8O/c1-3-6-18(31)22-24-19(7-4-2)30(27-22)14-15-9-11-16(12-10-15)20-17(8-5-13-23-20)21-25-28-29-26-21/h5,8-13H,3-4,6-7,14H2,1-2H3,(H,25,26,28,29). The Morgan fingerprint density at radius 1 is 1.10 bits per heavy atom. The molecular formula is C22H24N8O. The number of aromatic nitrogens is 8. The summed E-state index contributed by atoms with van der Waals surface area (Å²) < 4.78 is 1.84. The molecule has 0 saturated heterocycles. The van der Waals surface area contributed by atoms with Gasteiger partial charge in [-0.05, 0) is 41.0 Å². The number of hydrogen-bond acceptors (Lipinski definition) is 7. The summed E-state index contributed by atoms with van der Waals surface area (Å²) in [4.78, 5) is 21.2. The van der Waals surface area contributed by atoms with Gasteiger partial charge in [0.25, 0.3) is 0 Å². The summed E-state index contributed by atoms with van der Waals surface area (Å²) in [6.45, 7) is 4.63. The summed E-state index contributed by atoms with van der Waals surface area (Å²) >= 11 is 0. The second-order valence-corrected chi connectivity index (χ2v) is 7.28. The van der Waals surface area contributed by atoms with Gasteiger partial charge in [-0.15, -0.1) is 10.2 Å². The summed E-state index contributed by atoms with van der Waals surface area (Å²) in [7, 11) is 0. The van der Waals surface area contributed by atoms with Crippen molar-refractivity contribution in [3.8, 4) is 22.6 Å². The van der Waals surface area contributed by atoms with Crippen LogP contribution in [0.1, 0.15) is 55.1 Å². The second-order valence-electron chi connectivity index (χ2n) is 7.28. The van der Waals surface area contributed by atoms with Crippen LogP contribution in [-0.2, 0) is 13.0 Å². The average molecular weight is 416 g/mol. The van der Waals surface area contributed by atoms with Crippen molar-refractivity contribution in [2.24, 2.45) is 0 Å². The number of aromatic amines is 1. The van der Waals surface area contributed by atoms with Crippen LogP contribution in [0.3, 0.4) is 0 Å². The van der Waals surface area contributed by atoms with E-state index in [2.05, 4.69) is 42.6 Å². The molecule has 0 unspecified atom stereocenters. The number of carbonyl (C=O) groups is 1. The third-order valence-electron chi connectivity index (χ3n) is 4.92. The fraction of sp³-hybridized carbons (Fsp3) is 0.318. The van der Waals surface area contributed by atoms with E-state index in [-0.39, 0.29) is 5.78 Å². The number of carbonyl (C=O) groups excluding carboxylic acids is 1. The molecule has 1 N–H and O–H groups in total. The molecule has 0 spiro atoms. The largest absolute Gasteiger partial charge is 0.291 e. The number of hydrogen-bond donors (Lipinski definition) is 1. The SMILES string of the molecule is CCCC(=O)c1nc(CCC)n(Cc2ccc(-c3ncccc3-c3nnn[nH]3)cc2)n1. The molecule has 9 heteroatoms. The van der Waals surface area contributed by atoms with Gasteiger partial charge >= 0.3 is 0 Å². The number of rotatable bonds is 9. The quantitative estimate of drug-likeness (QED) is 0.415. The van der Waals surface area contributed by atoms with Crippen LogP contribution < -0.4 is 0 Å². The Balaban J connectivity index is 1.58. The predicted octanol–water partition coefficient (Wildman–Crippen LogP) is 3.50. The average Bonchev–Trinajstić information content (AvgIpc) is 3.46. The van der Waals surface area contributed by atoms with E-state index in [0.717, 1.165) is 47.5 Å². The molecule has 0 fully saturated rings. The number of nitrogens with zero attached hydrogens (tertiary/aromatic N) is 7. The molecule has 0 aliphatic carbocycles. The van der Waals surface area contributed by atoms with Gasteiger partial charge in [0.05, 0.1) is 12.2 Å². The third kappa shape index (κ3) is 4.55. The van der Waals surface area contributed by atoms with Crippen LogP contribution in [0.15, 0.2) is 42.6 Å². The van der Waals surface area contributed by atoms with E-state index >= 15 is 0 Å². The zero-order valence-electron chi connectivity index (χ0n) is 17.6. The molecule has 4 rings (SSSR count). The smallest absolute Gasteiger partial charge is 0.217 e. The number of Topliss-reactive ketones (excluding diaryl/α,β-unsaturated/α-hetero) is 1. The molecule has 0 saturated carbocycles. The van der Waals surface area contributed by atoms with Gasteiger partial charge in [-0.3, -0.25) is 9.78 Å². The van der Waals surface area contributed by atoms with Gasteiger partial charge in [0.15, 0.2) is 5.82 Å². The zero-order chi connectivity index (χ0) is 21.6. The Hall–Kier alpha value is -3.75. The summed E-state index contributed by atoms with van der Waals surface area (Å²) in [6.07, 6.45) is 4.73. The normalized spacial score (nSPS) is 11.0. The van der Waals surface area contributed by atoms with E-state index in [9.17, 15) is 4.79 Å². The van der Waals surface area contributed by atoms with E-state index in [1.807, 2.05) is 48.0 Å². The van der Waals surface area contributed by atoms with Gasteiger partial charge in [-0.2, -0.15) is 0 Å². The fourth-order valence-electron chi connectivity index (χ4n) is 3.41. The van der Waals surface area contributed by atoms with Crippen LogP contribution in [0.5, 0.6) is 0 Å². The van der Waals surface area contributed by atoms with Crippen molar-refractivity contribution < 1.29 is 4.79 Å². The maximum Gasteiger partial charge on any atom is 0.217 e. The Morgan fingerprint density at radius 2 is 1.94 bits per heavy atom. The highest BCUT2D eigenvalue weighted by Gasteiger charge is 2.16. The van der Waals surface area contributed by atoms with Crippen LogP contribution in [-0.4, -0.2) is 46.2 Å². The lowest BCUT2D eigenvalue weighted by Gasteiger charge is -2.08. The van der Waals surface area contributed by atoms with Crippen molar-refractivity contribution in [3.63, 3.8) is 0 Å². The molecule has 1 aromatic carbocycles. The molecule has 0 amide bonds. The van der Waals surface area contributed by atoms with Crippen LogP contribution in [0, 0.1) is 0 Å². The number of tetrazole rings is 1. The lowest BCUT2D eigenvalue weighted by Crippen LogP contribution is -2.07. The minimum Gasteiger partial charge on any atom is -0.291 e. The van der Waals surface area contributed by atoms with Gasteiger partial charge in [0.1, 0.15) is 5.82 Å². The second kappa shape index (κ2) is 9.38. The zero-order valence-corrected chi connectivity index (χ0v) is 17.6. The Labute approximate surface area is 180 Å². The Morgan fingerprint density at radius 3 is 2.65 bits per heavy atom. The van der Waals surface area contributed by atoms with Crippen molar-refractivity contribution in [1.29, 1.82) is 0 Å². The molecule has 0 aliphatic rings. The summed E-state index contributed by atoms with van der Waals surface area (Å²) in [5.41, 5.74) is 3.66. The monoisotopic (exact) mass is 416 g/mol. The van der Waals surface area contributed by atoms with E-state index in [0.29, 0.717) is 24.6 Å². The first-order valence-electron chi connectivity index (χ1n) is 10.4. The first-order chi connectivity index (χ1) is 15.2. The van der Waals surface area contributed by atoms with Crippen LogP contribution in [0.2, 0.25) is 0 Å². The number of pyridine rings is 1. The lowest BCUT2D eigenvalue weighted by atomic mass is 10.0. The summed E-state index contributed by atoms with van der Waals surface area (Å²) in [5.74, 6) is 1.73. The van der Waals surface area contributed by atoms with Crippen LogP contribution >= 0.6 is 0 Å². The first kappa shape index (κ1) is 20.5. The number of aryl methyl sites for hydroxylation is 1.